The molecule has 1 heterocycles. The van der Waals surface area contributed by atoms with E-state index in [0.717, 1.165) is 17.6 Å². The minimum atomic E-state index is -0.596. The number of ether oxygens (including phenoxy) is 2. The molecule has 2 aliphatic carbocycles. The van der Waals surface area contributed by atoms with Gasteiger partial charge in [-0.05, 0) is 38.2 Å². The molecule has 25 heavy (non-hydrogen) atoms. The summed E-state index contributed by atoms with van der Waals surface area (Å²) in [7, 11) is 6.21. The third-order valence-electron chi connectivity index (χ3n) is 5.60. The highest BCUT2D eigenvalue weighted by Crippen LogP contribution is 2.41. The maximum absolute atomic E-state index is 11.8. The van der Waals surface area contributed by atoms with E-state index in [9.17, 15) is 4.79 Å². The molecular weight excluding hydrogens is 336 g/mol. The molecule has 0 bridgehead atoms. The summed E-state index contributed by atoms with van der Waals surface area (Å²) in [4.78, 5) is 11.8. The standard InChI is InChI=1S/C19H25BClNO3/c1-13-9-15(21)11-17(20)16(13)10-14(2)22-18(12-23)3-5-19(6-4-18)24-7-8-25-19/h9,11-12,16-17,22H,2-8,10H2,1H3. The SMILES string of the molecule is [B]C1C=C(Cl)C=C(C)C1CC(=C)NC1(C=O)CCC2(CC1)OCCO2. The fourth-order valence-corrected chi connectivity index (χ4v) is 4.39. The summed E-state index contributed by atoms with van der Waals surface area (Å²) in [5.41, 5.74) is 1.37. The molecule has 1 saturated heterocycles. The van der Waals surface area contributed by atoms with E-state index >= 15 is 0 Å². The lowest BCUT2D eigenvalue weighted by Gasteiger charge is -2.42. The highest BCUT2D eigenvalue weighted by atomic mass is 35.5. The Bertz CT molecular complexity index is 600. The summed E-state index contributed by atoms with van der Waals surface area (Å²) < 4.78 is 11.5. The number of aldehydes is 1. The third-order valence-corrected chi connectivity index (χ3v) is 5.84. The summed E-state index contributed by atoms with van der Waals surface area (Å²) >= 11 is 6.06. The quantitative estimate of drug-likeness (QED) is 0.602. The Morgan fingerprint density at radius 3 is 2.60 bits per heavy atom. The molecule has 2 unspecified atom stereocenters. The van der Waals surface area contributed by atoms with Gasteiger partial charge < -0.3 is 19.6 Å². The zero-order valence-electron chi connectivity index (χ0n) is 14.7. The van der Waals surface area contributed by atoms with Crippen molar-refractivity contribution in [3.63, 3.8) is 0 Å². The van der Waals surface area contributed by atoms with E-state index in [1.54, 1.807) is 0 Å². The van der Waals surface area contributed by atoms with Gasteiger partial charge >= 0.3 is 0 Å². The van der Waals surface area contributed by atoms with Crippen LogP contribution in [0.3, 0.4) is 0 Å². The Kier molecular flexibility index (Phi) is 5.47. The third kappa shape index (κ3) is 4.04. The van der Waals surface area contributed by atoms with Gasteiger partial charge in [0.15, 0.2) is 5.79 Å². The maximum Gasteiger partial charge on any atom is 0.168 e. The summed E-state index contributed by atoms with van der Waals surface area (Å²) in [6, 6.07) is 0. The van der Waals surface area contributed by atoms with Gasteiger partial charge in [-0.2, -0.15) is 0 Å². The molecule has 1 aliphatic heterocycles. The number of carbonyl (C=O) groups is 1. The van der Waals surface area contributed by atoms with E-state index in [-0.39, 0.29) is 11.7 Å². The number of carbonyl (C=O) groups excluding carboxylic acids is 1. The fraction of sp³-hybridized carbons (Fsp3) is 0.632. The second-order valence-corrected chi connectivity index (χ2v) is 7.87. The molecule has 134 valence electrons. The minimum Gasteiger partial charge on any atom is -0.377 e. The zero-order valence-corrected chi connectivity index (χ0v) is 15.5. The van der Waals surface area contributed by atoms with E-state index in [0.29, 0.717) is 50.4 Å². The van der Waals surface area contributed by atoms with Crippen molar-refractivity contribution in [2.75, 3.05) is 13.2 Å². The van der Waals surface area contributed by atoms with Crippen LogP contribution in [0.2, 0.25) is 5.82 Å². The van der Waals surface area contributed by atoms with Crippen LogP contribution in [0.15, 0.2) is 35.0 Å². The fourth-order valence-electron chi connectivity index (χ4n) is 4.08. The van der Waals surface area contributed by atoms with Crippen molar-refractivity contribution in [2.24, 2.45) is 5.92 Å². The Morgan fingerprint density at radius 2 is 2.04 bits per heavy atom. The molecule has 0 aromatic heterocycles. The number of allylic oxidation sites excluding steroid dienone is 5. The summed E-state index contributed by atoms with van der Waals surface area (Å²) in [6.07, 6.45) is 8.27. The molecule has 2 radical (unpaired) electrons. The van der Waals surface area contributed by atoms with Crippen molar-refractivity contribution in [2.45, 2.75) is 56.2 Å². The van der Waals surface area contributed by atoms with E-state index in [2.05, 4.69) is 11.9 Å². The number of hydrogen-bond acceptors (Lipinski definition) is 4. The molecule has 0 amide bonds. The predicted molar refractivity (Wildman–Crippen MR) is 99.5 cm³/mol. The number of hydrogen-bond donors (Lipinski definition) is 1. The van der Waals surface area contributed by atoms with Gasteiger partial charge in [-0.1, -0.05) is 35.6 Å². The lowest BCUT2D eigenvalue weighted by atomic mass is 9.69. The van der Waals surface area contributed by atoms with Crippen LogP contribution < -0.4 is 5.32 Å². The lowest BCUT2D eigenvalue weighted by molar-refractivity contribution is -0.185. The first-order valence-corrected chi connectivity index (χ1v) is 9.26. The van der Waals surface area contributed by atoms with Crippen molar-refractivity contribution in [1.82, 2.24) is 5.32 Å². The normalized spacial score (nSPS) is 30.5. The van der Waals surface area contributed by atoms with Crippen LogP contribution in [0.25, 0.3) is 0 Å². The van der Waals surface area contributed by atoms with Gasteiger partial charge in [-0.25, -0.2) is 0 Å². The Hall–Kier alpha value is -1.04. The van der Waals surface area contributed by atoms with Crippen molar-refractivity contribution in [1.29, 1.82) is 0 Å². The van der Waals surface area contributed by atoms with Crippen LogP contribution in [0.5, 0.6) is 0 Å². The molecular formula is C19H25BClNO3. The predicted octanol–water partition coefficient (Wildman–Crippen LogP) is 3.39. The van der Waals surface area contributed by atoms with Crippen molar-refractivity contribution in [3.8, 4) is 0 Å². The Morgan fingerprint density at radius 1 is 1.40 bits per heavy atom. The first-order valence-electron chi connectivity index (χ1n) is 8.88. The van der Waals surface area contributed by atoms with E-state index in [1.165, 1.54) is 0 Å². The smallest absolute Gasteiger partial charge is 0.168 e. The van der Waals surface area contributed by atoms with Gasteiger partial charge in [-0.3, -0.25) is 0 Å². The van der Waals surface area contributed by atoms with Gasteiger partial charge in [0.2, 0.25) is 0 Å². The minimum absolute atomic E-state index is 0.141. The first kappa shape index (κ1) is 18.7. The Labute approximate surface area is 156 Å². The summed E-state index contributed by atoms with van der Waals surface area (Å²) in [6.45, 7) is 7.44. The molecule has 1 saturated carbocycles. The molecule has 1 N–H and O–H groups in total. The number of halogens is 1. The van der Waals surface area contributed by atoms with Crippen molar-refractivity contribution < 1.29 is 14.3 Å². The van der Waals surface area contributed by atoms with Crippen LogP contribution in [0, 0.1) is 5.92 Å². The van der Waals surface area contributed by atoms with Gasteiger partial charge in [-0.15, -0.1) is 0 Å². The molecule has 1 spiro atoms. The van der Waals surface area contributed by atoms with Gasteiger partial charge in [0.25, 0.3) is 0 Å². The zero-order chi connectivity index (χ0) is 18.1. The second kappa shape index (κ2) is 7.30. The second-order valence-electron chi connectivity index (χ2n) is 7.44. The lowest BCUT2D eigenvalue weighted by Crippen LogP contribution is -2.53. The highest BCUT2D eigenvalue weighted by molar-refractivity contribution is 6.32. The van der Waals surface area contributed by atoms with Crippen molar-refractivity contribution in [3.05, 3.63) is 35.0 Å². The van der Waals surface area contributed by atoms with E-state index in [1.807, 2.05) is 19.1 Å². The highest BCUT2D eigenvalue weighted by Gasteiger charge is 2.46. The molecule has 6 heteroatoms. The van der Waals surface area contributed by atoms with Gasteiger partial charge in [0.1, 0.15) is 6.29 Å². The number of nitrogens with one attached hydrogen (secondary N) is 1. The maximum atomic E-state index is 11.8. The van der Waals surface area contributed by atoms with E-state index < -0.39 is 11.3 Å². The average molecular weight is 362 g/mol. The summed E-state index contributed by atoms with van der Waals surface area (Å²) in [5, 5.41) is 4.06. The molecule has 3 aliphatic rings. The first-order chi connectivity index (χ1) is 11.9. The molecule has 2 atom stereocenters. The van der Waals surface area contributed by atoms with Gasteiger partial charge in [0, 0.05) is 23.6 Å². The van der Waals surface area contributed by atoms with Crippen LogP contribution in [-0.4, -0.2) is 38.7 Å². The summed E-state index contributed by atoms with van der Waals surface area (Å²) in [5.74, 6) is -0.483. The number of rotatable bonds is 5. The van der Waals surface area contributed by atoms with E-state index in [4.69, 9.17) is 28.9 Å². The molecule has 0 aromatic rings. The molecule has 2 fully saturated rings. The largest absolute Gasteiger partial charge is 0.377 e. The van der Waals surface area contributed by atoms with Crippen LogP contribution >= 0.6 is 11.6 Å². The van der Waals surface area contributed by atoms with Crippen LogP contribution in [0.1, 0.15) is 39.0 Å². The molecule has 4 nitrogen and oxygen atoms in total. The molecule has 3 rings (SSSR count). The monoisotopic (exact) mass is 361 g/mol. The van der Waals surface area contributed by atoms with Gasteiger partial charge in [0.05, 0.1) is 26.6 Å². The molecule has 0 aromatic carbocycles. The van der Waals surface area contributed by atoms with Crippen molar-refractivity contribution >= 4 is 25.7 Å². The Balaban J connectivity index is 1.60. The average Bonchev–Trinajstić information content (AvgIpc) is 3.02. The van der Waals surface area contributed by atoms with Crippen LogP contribution in [-0.2, 0) is 14.3 Å². The van der Waals surface area contributed by atoms with Crippen LogP contribution in [0.4, 0.5) is 0 Å². The topological polar surface area (TPSA) is 47.6 Å².